The second-order valence-electron chi connectivity index (χ2n) is 3.64. The molecule has 0 aliphatic carbocycles. The first kappa shape index (κ1) is 14.5. The van der Waals surface area contributed by atoms with Crippen molar-refractivity contribution >= 4 is 29.1 Å². The molecule has 1 atom stereocenters. The minimum Gasteiger partial charge on any atom is -0.372 e. The van der Waals surface area contributed by atoms with Crippen LogP contribution in [-0.2, 0) is 9.53 Å². The highest BCUT2D eigenvalue weighted by molar-refractivity contribution is 6.34. The average Bonchev–Trinajstić information content (AvgIpc) is 2.39. The zero-order valence-electron chi connectivity index (χ0n) is 10.4. The summed E-state index contributed by atoms with van der Waals surface area (Å²) >= 11 is 5.95. The molecule has 98 valence electrons. The molecule has 0 saturated heterocycles. The number of anilines is 1. The first-order valence-electron chi connectivity index (χ1n) is 5.35. The lowest BCUT2D eigenvalue weighted by atomic mass is 10.2. The monoisotopic (exact) mass is 270 g/mol. The van der Waals surface area contributed by atoms with Gasteiger partial charge in [0, 0.05) is 19.7 Å². The predicted molar refractivity (Wildman–Crippen MR) is 69.9 cm³/mol. The molecule has 1 aromatic carbocycles. The number of amides is 2. The summed E-state index contributed by atoms with van der Waals surface area (Å²) in [6.07, 6.45) is -0.593. The van der Waals surface area contributed by atoms with Gasteiger partial charge in [-0.25, -0.2) is 0 Å². The Morgan fingerprint density at radius 3 is 2.61 bits per heavy atom. The third-order valence-electron chi connectivity index (χ3n) is 2.44. The standard InChI is InChI=1S/C12H15ClN2O3/c1-7(18-3)11(16)15-10-6-8(12(17)14-2)4-5-9(10)13/h4-7H,1-3H3,(H,14,17)(H,15,16). The smallest absolute Gasteiger partial charge is 0.253 e. The van der Waals surface area contributed by atoms with Crippen LogP contribution in [0.5, 0.6) is 0 Å². The molecule has 0 saturated carbocycles. The number of benzene rings is 1. The molecular formula is C12H15ClN2O3. The second kappa shape index (κ2) is 6.37. The number of rotatable bonds is 4. The van der Waals surface area contributed by atoms with Gasteiger partial charge in [-0.15, -0.1) is 0 Å². The quantitative estimate of drug-likeness (QED) is 0.875. The van der Waals surface area contributed by atoms with Gasteiger partial charge in [-0.1, -0.05) is 11.6 Å². The lowest BCUT2D eigenvalue weighted by Crippen LogP contribution is -2.27. The molecule has 0 fully saturated rings. The molecule has 1 unspecified atom stereocenters. The summed E-state index contributed by atoms with van der Waals surface area (Å²) in [4.78, 5) is 23.1. The Bertz CT molecular complexity index is 463. The van der Waals surface area contributed by atoms with Crippen molar-refractivity contribution < 1.29 is 14.3 Å². The van der Waals surface area contributed by atoms with E-state index in [1.807, 2.05) is 0 Å². The Kier molecular flexibility index (Phi) is 5.12. The molecule has 0 spiro atoms. The van der Waals surface area contributed by atoms with E-state index in [2.05, 4.69) is 10.6 Å². The molecule has 5 nitrogen and oxygen atoms in total. The zero-order chi connectivity index (χ0) is 13.7. The van der Waals surface area contributed by atoms with E-state index >= 15 is 0 Å². The van der Waals surface area contributed by atoms with Crippen molar-refractivity contribution in [3.63, 3.8) is 0 Å². The second-order valence-corrected chi connectivity index (χ2v) is 4.05. The van der Waals surface area contributed by atoms with Crippen LogP contribution in [0, 0.1) is 0 Å². The summed E-state index contributed by atoms with van der Waals surface area (Å²) in [5.41, 5.74) is 0.800. The normalized spacial score (nSPS) is 11.8. The van der Waals surface area contributed by atoms with E-state index in [9.17, 15) is 9.59 Å². The van der Waals surface area contributed by atoms with Crippen LogP contribution in [0.2, 0.25) is 5.02 Å². The topological polar surface area (TPSA) is 67.4 Å². The number of carbonyl (C=O) groups is 2. The van der Waals surface area contributed by atoms with E-state index in [-0.39, 0.29) is 11.8 Å². The van der Waals surface area contributed by atoms with E-state index in [0.29, 0.717) is 16.3 Å². The van der Waals surface area contributed by atoms with E-state index < -0.39 is 6.10 Å². The van der Waals surface area contributed by atoms with E-state index in [4.69, 9.17) is 16.3 Å². The van der Waals surface area contributed by atoms with Gasteiger partial charge in [0.05, 0.1) is 10.7 Å². The summed E-state index contributed by atoms with van der Waals surface area (Å²) in [5.74, 6) is -0.574. The Morgan fingerprint density at radius 2 is 2.06 bits per heavy atom. The molecule has 0 aliphatic heterocycles. The lowest BCUT2D eigenvalue weighted by molar-refractivity contribution is -0.124. The van der Waals surface area contributed by atoms with Gasteiger partial charge in [0.1, 0.15) is 6.10 Å². The largest absolute Gasteiger partial charge is 0.372 e. The fourth-order valence-electron chi connectivity index (χ4n) is 1.25. The Morgan fingerprint density at radius 1 is 1.39 bits per heavy atom. The minimum absolute atomic E-state index is 0.248. The first-order valence-corrected chi connectivity index (χ1v) is 5.72. The van der Waals surface area contributed by atoms with Crippen LogP contribution >= 0.6 is 11.6 Å². The van der Waals surface area contributed by atoms with Crippen molar-refractivity contribution in [1.29, 1.82) is 0 Å². The SMILES string of the molecule is CNC(=O)c1ccc(Cl)c(NC(=O)C(C)OC)c1. The minimum atomic E-state index is -0.593. The van der Waals surface area contributed by atoms with E-state index in [1.165, 1.54) is 20.2 Å². The van der Waals surface area contributed by atoms with Crippen LogP contribution in [0.3, 0.4) is 0 Å². The van der Waals surface area contributed by atoms with Gasteiger partial charge < -0.3 is 15.4 Å². The van der Waals surface area contributed by atoms with Gasteiger partial charge in [0.25, 0.3) is 11.8 Å². The van der Waals surface area contributed by atoms with Crippen molar-refractivity contribution in [3.05, 3.63) is 28.8 Å². The highest BCUT2D eigenvalue weighted by Crippen LogP contribution is 2.23. The zero-order valence-corrected chi connectivity index (χ0v) is 11.2. The Hall–Kier alpha value is -1.59. The molecule has 0 heterocycles. The van der Waals surface area contributed by atoms with Crippen LogP contribution in [0.1, 0.15) is 17.3 Å². The number of hydrogen-bond donors (Lipinski definition) is 2. The van der Waals surface area contributed by atoms with Gasteiger partial charge >= 0.3 is 0 Å². The van der Waals surface area contributed by atoms with Crippen molar-refractivity contribution in [3.8, 4) is 0 Å². The molecule has 6 heteroatoms. The summed E-state index contributed by atoms with van der Waals surface area (Å²) < 4.78 is 4.89. The van der Waals surface area contributed by atoms with Crippen LogP contribution < -0.4 is 10.6 Å². The van der Waals surface area contributed by atoms with Gasteiger partial charge in [0.15, 0.2) is 0 Å². The Balaban J connectivity index is 2.94. The molecule has 2 amide bonds. The van der Waals surface area contributed by atoms with E-state index in [0.717, 1.165) is 0 Å². The van der Waals surface area contributed by atoms with E-state index in [1.54, 1.807) is 19.1 Å². The lowest BCUT2D eigenvalue weighted by Gasteiger charge is -2.12. The predicted octanol–water partition coefficient (Wildman–Crippen LogP) is 1.67. The van der Waals surface area contributed by atoms with Crippen LogP contribution in [-0.4, -0.2) is 32.1 Å². The summed E-state index contributed by atoms with van der Waals surface area (Å²) in [6, 6.07) is 4.65. The molecule has 0 aromatic heterocycles. The van der Waals surface area contributed by atoms with Gasteiger partial charge in [-0.05, 0) is 25.1 Å². The molecular weight excluding hydrogens is 256 g/mol. The maximum absolute atomic E-state index is 11.7. The molecule has 1 rings (SSSR count). The first-order chi connectivity index (χ1) is 8.49. The third kappa shape index (κ3) is 3.45. The number of hydrogen-bond acceptors (Lipinski definition) is 3. The number of carbonyl (C=O) groups excluding carboxylic acids is 2. The number of ether oxygens (including phenoxy) is 1. The molecule has 18 heavy (non-hydrogen) atoms. The highest BCUT2D eigenvalue weighted by Gasteiger charge is 2.14. The van der Waals surface area contributed by atoms with Gasteiger partial charge in [-0.2, -0.15) is 0 Å². The number of nitrogens with one attached hydrogen (secondary N) is 2. The molecule has 0 aliphatic rings. The molecule has 1 aromatic rings. The summed E-state index contributed by atoms with van der Waals surface area (Å²) in [5, 5.41) is 5.46. The number of halogens is 1. The van der Waals surface area contributed by atoms with Crippen LogP contribution in [0.25, 0.3) is 0 Å². The fourth-order valence-corrected chi connectivity index (χ4v) is 1.41. The maximum Gasteiger partial charge on any atom is 0.253 e. The molecule has 0 radical (unpaired) electrons. The van der Waals surface area contributed by atoms with Crippen molar-refractivity contribution in [1.82, 2.24) is 5.32 Å². The summed E-state index contributed by atoms with van der Waals surface area (Å²) in [7, 11) is 2.97. The Labute approximate surface area is 110 Å². The fraction of sp³-hybridized carbons (Fsp3) is 0.333. The van der Waals surface area contributed by atoms with Crippen molar-refractivity contribution in [2.75, 3.05) is 19.5 Å². The molecule has 2 N–H and O–H groups in total. The molecule has 0 bridgehead atoms. The van der Waals surface area contributed by atoms with Crippen LogP contribution in [0.15, 0.2) is 18.2 Å². The average molecular weight is 271 g/mol. The van der Waals surface area contributed by atoms with Crippen LogP contribution in [0.4, 0.5) is 5.69 Å². The van der Waals surface area contributed by atoms with Crippen molar-refractivity contribution in [2.24, 2.45) is 0 Å². The van der Waals surface area contributed by atoms with Gasteiger partial charge in [-0.3, -0.25) is 9.59 Å². The van der Waals surface area contributed by atoms with Crippen molar-refractivity contribution in [2.45, 2.75) is 13.0 Å². The maximum atomic E-state index is 11.7. The third-order valence-corrected chi connectivity index (χ3v) is 2.77. The number of methoxy groups -OCH3 is 1. The van der Waals surface area contributed by atoms with Gasteiger partial charge in [0.2, 0.25) is 0 Å². The highest BCUT2D eigenvalue weighted by atomic mass is 35.5. The summed E-state index contributed by atoms with van der Waals surface area (Å²) in [6.45, 7) is 1.62.